The van der Waals surface area contributed by atoms with Crippen molar-refractivity contribution in [1.29, 1.82) is 0 Å². The van der Waals surface area contributed by atoms with Gasteiger partial charge in [-0.15, -0.1) is 0 Å². The van der Waals surface area contributed by atoms with Crippen molar-refractivity contribution < 1.29 is 26.3 Å². The van der Waals surface area contributed by atoms with E-state index in [4.69, 9.17) is 0 Å². The summed E-state index contributed by atoms with van der Waals surface area (Å²) >= 11 is 0. The van der Waals surface area contributed by atoms with E-state index in [-0.39, 0.29) is 0 Å². The van der Waals surface area contributed by atoms with Crippen molar-refractivity contribution in [3.05, 3.63) is 0 Å². The second kappa shape index (κ2) is 1.94. The van der Waals surface area contributed by atoms with E-state index in [1.807, 2.05) is 4.99 Å². The molecule has 12 heavy (non-hydrogen) atoms. The second-order valence-corrected chi connectivity index (χ2v) is 2.39. The van der Waals surface area contributed by atoms with Gasteiger partial charge in [-0.2, -0.15) is 26.3 Å². The van der Waals surface area contributed by atoms with Crippen LogP contribution in [0.4, 0.5) is 26.3 Å². The molecule has 0 aliphatic carbocycles. The van der Waals surface area contributed by atoms with Crippen molar-refractivity contribution in [2.45, 2.75) is 24.8 Å². The molecule has 1 aliphatic rings. The molecule has 0 saturated heterocycles. The van der Waals surface area contributed by atoms with Gasteiger partial charge >= 0.3 is 17.9 Å². The van der Waals surface area contributed by atoms with Crippen LogP contribution in [0, 0.1) is 0 Å². The van der Waals surface area contributed by atoms with Gasteiger partial charge < -0.3 is 0 Å². The first-order valence-corrected chi connectivity index (χ1v) is 2.83. The number of aliphatic imine (C=N–C) groups is 1. The van der Waals surface area contributed by atoms with Gasteiger partial charge in [-0.25, -0.2) is 4.99 Å². The molecule has 0 radical (unpaired) electrons. The summed E-state index contributed by atoms with van der Waals surface area (Å²) in [6, 6.07) is -5.00. The fourth-order valence-electron chi connectivity index (χ4n) is 0.767. The van der Waals surface area contributed by atoms with E-state index in [2.05, 4.69) is 0 Å². The Kier molecular flexibility index (Phi) is 1.51. The summed E-state index contributed by atoms with van der Waals surface area (Å²) in [7, 11) is 0. The molecule has 0 saturated carbocycles. The van der Waals surface area contributed by atoms with Gasteiger partial charge in [0, 0.05) is 0 Å². The van der Waals surface area contributed by atoms with Crippen LogP contribution in [0.2, 0.25) is 0 Å². The van der Waals surface area contributed by atoms with Crippen molar-refractivity contribution in [2.24, 2.45) is 4.99 Å². The van der Waals surface area contributed by atoms with Gasteiger partial charge in [0.25, 0.3) is 0 Å². The Hall–Kier alpha value is -0.750. The summed E-state index contributed by atoms with van der Waals surface area (Å²) in [6.45, 7) is 0.439. The number of rotatable bonds is 0. The maximum Gasteiger partial charge on any atom is 0.411 e. The van der Waals surface area contributed by atoms with E-state index in [1.54, 1.807) is 0 Å². The van der Waals surface area contributed by atoms with Crippen LogP contribution in [0.15, 0.2) is 4.99 Å². The molecule has 0 aromatic heterocycles. The molecule has 70 valence electrons. The van der Waals surface area contributed by atoms with E-state index >= 15 is 0 Å². The van der Waals surface area contributed by atoms with Crippen LogP contribution in [-0.4, -0.2) is 23.6 Å². The van der Waals surface area contributed by atoms with E-state index in [0.29, 0.717) is 6.92 Å². The maximum atomic E-state index is 12.3. The zero-order valence-corrected chi connectivity index (χ0v) is 5.72. The minimum atomic E-state index is -5.41. The van der Waals surface area contributed by atoms with Crippen LogP contribution in [0.25, 0.3) is 0 Å². The fraction of sp³-hybridized carbons (Fsp3) is 0.800. The number of halogens is 6. The van der Waals surface area contributed by atoms with Gasteiger partial charge in [0.1, 0.15) is 0 Å². The topological polar surface area (TPSA) is 12.4 Å². The number of nitrogens with zero attached hydrogens (tertiary/aromatic N) is 1. The molecule has 0 spiro atoms. The summed E-state index contributed by atoms with van der Waals surface area (Å²) < 4.78 is 72.9. The average molecular weight is 191 g/mol. The largest absolute Gasteiger partial charge is 0.411 e. The predicted octanol–water partition coefficient (Wildman–Crippen LogP) is 2.32. The van der Waals surface area contributed by atoms with Gasteiger partial charge in [0.15, 0.2) is 0 Å². The Morgan fingerprint density at radius 3 is 1.50 bits per heavy atom. The molecule has 0 aromatic rings. The Bertz CT molecular complexity index is 242. The lowest BCUT2D eigenvalue weighted by Crippen LogP contribution is -2.50. The van der Waals surface area contributed by atoms with Crippen molar-refractivity contribution in [1.82, 2.24) is 0 Å². The first-order valence-electron chi connectivity index (χ1n) is 2.83. The molecular weight excluding hydrogens is 188 g/mol. The monoisotopic (exact) mass is 191 g/mol. The highest BCUT2D eigenvalue weighted by Crippen LogP contribution is 2.51. The van der Waals surface area contributed by atoms with Crippen molar-refractivity contribution in [3.63, 3.8) is 0 Å². The predicted molar refractivity (Wildman–Crippen MR) is 27.9 cm³/mol. The highest BCUT2D eigenvalue weighted by molar-refractivity contribution is 5.92. The highest BCUT2D eigenvalue weighted by Gasteiger charge is 2.77. The Morgan fingerprint density at radius 2 is 1.42 bits per heavy atom. The smallest absolute Gasteiger partial charge is 0.214 e. The first-order chi connectivity index (χ1) is 5.13. The molecule has 0 unspecified atom stereocenters. The van der Waals surface area contributed by atoms with Crippen molar-refractivity contribution in [2.75, 3.05) is 0 Å². The molecule has 0 amide bonds. The molecule has 1 nitrogen and oxygen atoms in total. The Balaban J connectivity index is 3.22. The maximum absolute atomic E-state index is 12.3. The van der Waals surface area contributed by atoms with Crippen LogP contribution < -0.4 is 0 Å². The van der Waals surface area contributed by atoms with E-state index < -0.39 is 23.6 Å². The Labute approximate surface area is 63.1 Å². The average Bonchev–Trinajstić information content (AvgIpc) is 1.92. The molecule has 0 fully saturated rings. The number of alkyl halides is 6. The number of hydrogen-bond acceptors (Lipinski definition) is 1. The third-order valence-electron chi connectivity index (χ3n) is 1.53. The third kappa shape index (κ3) is 0.789. The summed E-state index contributed by atoms with van der Waals surface area (Å²) in [5.41, 5.74) is -1.54. The van der Waals surface area contributed by atoms with Crippen molar-refractivity contribution in [3.8, 4) is 0 Å². The van der Waals surface area contributed by atoms with Gasteiger partial charge in [0.2, 0.25) is 0 Å². The molecule has 1 rings (SSSR count). The molecule has 1 heterocycles. The molecular formula is C5H3F6N. The molecule has 0 N–H and O–H groups in total. The normalized spacial score (nSPS) is 30.1. The zero-order chi connectivity index (χ0) is 9.78. The molecule has 0 bridgehead atoms. The SMILES string of the molecule is CC1=NC(F)(F)C(F)(F)C1(F)F. The van der Waals surface area contributed by atoms with E-state index in [0.717, 1.165) is 0 Å². The first kappa shape index (κ1) is 9.34. The third-order valence-corrected chi connectivity index (χ3v) is 1.53. The van der Waals surface area contributed by atoms with Gasteiger partial charge in [-0.3, -0.25) is 0 Å². The minimum Gasteiger partial charge on any atom is -0.214 e. The lowest BCUT2D eigenvalue weighted by molar-refractivity contribution is -0.266. The minimum absolute atomic E-state index is 0.439. The molecule has 0 aromatic carbocycles. The van der Waals surface area contributed by atoms with Crippen LogP contribution in [-0.2, 0) is 0 Å². The second-order valence-electron chi connectivity index (χ2n) is 2.39. The lowest BCUT2D eigenvalue weighted by Gasteiger charge is -2.21. The van der Waals surface area contributed by atoms with E-state index in [9.17, 15) is 26.3 Å². The summed E-state index contributed by atoms with van der Waals surface area (Å²) in [5, 5.41) is 0. The number of hydrogen-bond donors (Lipinski definition) is 0. The molecule has 0 atom stereocenters. The quantitative estimate of drug-likeness (QED) is 0.411. The standard InChI is InChI=1S/C5H3F6N/c1-2-3(6,7)4(8,9)5(10,11)12-2/h1H3. The van der Waals surface area contributed by atoms with Crippen LogP contribution >= 0.6 is 0 Å². The zero-order valence-electron chi connectivity index (χ0n) is 5.72. The molecule has 1 aliphatic heterocycles. The van der Waals surface area contributed by atoms with Crippen molar-refractivity contribution >= 4 is 5.71 Å². The summed E-state index contributed by atoms with van der Waals surface area (Å²) in [6.07, 6.45) is 0. The fourth-order valence-corrected chi connectivity index (χ4v) is 0.767. The van der Waals surface area contributed by atoms with Crippen LogP contribution in [0.3, 0.4) is 0 Å². The summed E-state index contributed by atoms with van der Waals surface area (Å²) in [5.74, 6) is -10.3. The van der Waals surface area contributed by atoms with Gasteiger partial charge in [-0.05, 0) is 6.92 Å². The molecule has 7 heteroatoms. The lowest BCUT2D eigenvalue weighted by atomic mass is 10.1. The highest BCUT2D eigenvalue weighted by atomic mass is 19.3. The van der Waals surface area contributed by atoms with E-state index in [1.165, 1.54) is 0 Å². The van der Waals surface area contributed by atoms with Gasteiger partial charge in [-0.1, -0.05) is 0 Å². The van der Waals surface area contributed by atoms with Crippen LogP contribution in [0.1, 0.15) is 6.92 Å². The summed E-state index contributed by atoms with van der Waals surface area (Å²) in [4.78, 5) is 1.91. The van der Waals surface area contributed by atoms with Crippen LogP contribution in [0.5, 0.6) is 0 Å². The Morgan fingerprint density at radius 1 is 1.00 bits per heavy atom. The van der Waals surface area contributed by atoms with Gasteiger partial charge in [0.05, 0.1) is 5.71 Å².